The average molecular weight is 366 g/mol. The van der Waals surface area contributed by atoms with E-state index >= 15 is 0 Å². The van der Waals surface area contributed by atoms with Crippen LogP contribution in [0.1, 0.15) is 19.8 Å². The highest BCUT2D eigenvalue weighted by Gasteiger charge is 2.34. The lowest BCUT2D eigenvalue weighted by Gasteiger charge is -2.43. The van der Waals surface area contributed by atoms with Crippen LogP contribution in [0, 0.1) is 5.82 Å². The highest BCUT2D eigenvalue weighted by molar-refractivity contribution is 5.79. The van der Waals surface area contributed by atoms with Crippen LogP contribution in [0.4, 0.5) is 4.39 Å². The van der Waals surface area contributed by atoms with Gasteiger partial charge < -0.3 is 25.0 Å². The molecule has 1 aliphatic heterocycles. The third-order valence-corrected chi connectivity index (χ3v) is 4.87. The van der Waals surface area contributed by atoms with Crippen molar-refractivity contribution in [1.29, 1.82) is 0 Å². The van der Waals surface area contributed by atoms with Crippen molar-refractivity contribution in [3.05, 3.63) is 30.1 Å². The highest BCUT2D eigenvalue weighted by Crippen LogP contribution is 2.25. The molecule has 1 saturated heterocycles. The molecule has 7 heteroatoms. The van der Waals surface area contributed by atoms with Crippen molar-refractivity contribution in [2.45, 2.75) is 31.4 Å². The lowest BCUT2D eigenvalue weighted by atomic mass is 9.88. The van der Waals surface area contributed by atoms with Crippen molar-refractivity contribution < 1.29 is 13.9 Å². The third kappa shape index (κ3) is 5.85. The summed E-state index contributed by atoms with van der Waals surface area (Å²) in [7, 11) is 5.97. The first-order valence-corrected chi connectivity index (χ1v) is 9.07. The summed E-state index contributed by atoms with van der Waals surface area (Å²) in [6.07, 6.45) is 1.85. The molecule has 2 rings (SSSR count). The van der Waals surface area contributed by atoms with E-state index in [4.69, 9.17) is 9.47 Å². The number of guanidine groups is 1. The maximum Gasteiger partial charge on any atom is 0.191 e. The number of hydrogen-bond donors (Lipinski definition) is 2. The van der Waals surface area contributed by atoms with E-state index in [1.165, 1.54) is 12.1 Å². The average Bonchev–Trinajstić information content (AvgIpc) is 2.62. The van der Waals surface area contributed by atoms with Crippen LogP contribution in [0.5, 0.6) is 5.75 Å². The van der Waals surface area contributed by atoms with Crippen LogP contribution in [0.2, 0.25) is 0 Å². The quantitative estimate of drug-likeness (QED) is 0.570. The molecule has 1 aromatic rings. The topological polar surface area (TPSA) is 58.1 Å². The molecule has 1 heterocycles. The fourth-order valence-electron chi connectivity index (χ4n) is 3.06. The Hall–Kier alpha value is -1.86. The van der Waals surface area contributed by atoms with Crippen molar-refractivity contribution >= 4 is 5.96 Å². The van der Waals surface area contributed by atoms with E-state index in [-0.39, 0.29) is 17.5 Å². The molecule has 146 valence electrons. The Morgan fingerprint density at radius 3 is 2.69 bits per heavy atom. The largest absolute Gasteiger partial charge is 0.489 e. The lowest BCUT2D eigenvalue weighted by molar-refractivity contribution is -0.00502. The first-order valence-electron chi connectivity index (χ1n) is 9.07. The Labute approximate surface area is 155 Å². The molecular formula is C19H31FN4O2. The number of nitrogens with one attached hydrogen (secondary N) is 2. The smallest absolute Gasteiger partial charge is 0.191 e. The van der Waals surface area contributed by atoms with Gasteiger partial charge in [0.1, 0.15) is 17.7 Å². The number of rotatable bonds is 7. The first-order chi connectivity index (χ1) is 12.4. The molecule has 0 amide bonds. The highest BCUT2D eigenvalue weighted by atomic mass is 19.1. The zero-order valence-electron chi connectivity index (χ0n) is 16.2. The molecule has 0 saturated carbocycles. The standard InChI is InChI=1S/C19H31FN4O2/c1-15(26-17-7-5-6-16(20)12-17)13-22-18(21-2)23-14-19(24(3)4)8-10-25-11-9-19/h5-7,12,15H,8-11,13-14H2,1-4H3,(H2,21,22,23). The third-order valence-electron chi connectivity index (χ3n) is 4.87. The minimum atomic E-state index is -0.300. The number of nitrogens with zero attached hydrogens (tertiary/aromatic N) is 2. The second kappa shape index (κ2) is 9.73. The van der Waals surface area contributed by atoms with Gasteiger partial charge in [0, 0.05) is 38.4 Å². The summed E-state index contributed by atoms with van der Waals surface area (Å²) in [5.74, 6) is 0.953. The van der Waals surface area contributed by atoms with Gasteiger partial charge in [-0.05, 0) is 46.0 Å². The van der Waals surface area contributed by atoms with E-state index in [0.717, 1.165) is 38.6 Å². The maximum absolute atomic E-state index is 13.2. The molecule has 6 nitrogen and oxygen atoms in total. The minimum Gasteiger partial charge on any atom is -0.489 e. The van der Waals surface area contributed by atoms with Crippen molar-refractivity contribution in [2.75, 3.05) is 47.4 Å². The van der Waals surface area contributed by atoms with Crippen LogP contribution in [-0.2, 0) is 4.74 Å². The molecule has 1 aliphatic rings. The van der Waals surface area contributed by atoms with Gasteiger partial charge in [-0.3, -0.25) is 4.99 Å². The van der Waals surface area contributed by atoms with Gasteiger partial charge in [0.2, 0.25) is 0 Å². The summed E-state index contributed by atoms with van der Waals surface area (Å²) in [4.78, 5) is 6.55. The van der Waals surface area contributed by atoms with Crippen LogP contribution in [0.25, 0.3) is 0 Å². The number of ether oxygens (including phenoxy) is 2. The van der Waals surface area contributed by atoms with E-state index in [1.54, 1.807) is 19.2 Å². The molecule has 1 aromatic carbocycles. The number of likely N-dealkylation sites (N-methyl/N-ethyl adjacent to an activating group) is 1. The Morgan fingerprint density at radius 1 is 1.35 bits per heavy atom. The van der Waals surface area contributed by atoms with Crippen LogP contribution in [0.3, 0.4) is 0 Å². The summed E-state index contributed by atoms with van der Waals surface area (Å²) in [5, 5.41) is 6.69. The molecule has 2 N–H and O–H groups in total. The van der Waals surface area contributed by atoms with Crippen molar-refractivity contribution in [2.24, 2.45) is 4.99 Å². The molecule has 0 radical (unpaired) electrons. The number of hydrogen-bond acceptors (Lipinski definition) is 4. The van der Waals surface area contributed by atoms with Crippen molar-refractivity contribution in [3.63, 3.8) is 0 Å². The number of aliphatic imine (C=N–C) groups is 1. The minimum absolute atomic E-state index is 0.0690. The molecule has 0 aromatic heterocycles. The Morgan fingerprint density at radius 2 is 2.08 bits per heavy atom. The van der Waals surface area contributed by atoms with Crippen LogP contribution >= 0.6 is 0 Å². The molecule has 0 bridgehead atoms. The molecule has 0 spiro atoms. The second-order valence-corrected chi connectivity index (χ2v) is 6.92. The van der Waals surface area contributed by atoms with E-state index in [1.807, 2.05) is 6.92 Å². The van der Waals surface area contributed by atoms with Crippen LogP contribution in [-0.4, -0.2) is 69.9 Å². The Kier molecular flexibility index (Phi) is 7.66. The monoisotopic (exact) mass is 366 g/mol. The van der Waals surface area contributed by atoms with Crippen molar-refractivity contribution in [1.82, 2.24) is 15.5 Å². The molecular weight excluding hydrogens is 335 g/mol. The van der Waals surface area contributed by atoms with Gasteiger partial charge in [0.25, 0.3) is 0 Å². The second-order valence-electron chi connectivity index (χ2n) is 6.92. The van der Waals surface area contributed by atoms with Gasteiger partial charge in [-0.1, -0.05) is 6.07 Å². The summed E-state index contributed by atoms with van der Waals surface area (Å²) in [5.41, 5.74) is 0.0690. The van der Waals surface area contributed by atoms with Crippen molar-refractivity contribution in [3.8, 4) is 5.75 Å². The molecule has 0 aliphatic carbocycles. The summed E-state index contributed by atoms with van der Waals surface area (Å²) >= 11 is 0. The lowest BCUT2D eigenvalue weighted by Crippen LogP contribution is -2.57. The van der Waals surface area contributed by atoms with Gasteiger partial charge in [-0.2, -0.15) is 0 Å². The predicted molar refractivity (Wildman–Crippen MR) is 102 cm³/mol. The van der Waals surface area contributed by atoms with E-state index in [2.05, 4.69) is 34.6 Å². The van der Waals surface area contributed by atoms with Gasteiger partial charge in [0.15, 0.2) is 5.96 Å². The van der Waals surface area contributed by atoms with Gasteiger partial charge >= 0.3 is 0 Å². The number of halogens is 1. The summed E-state index contributed by atoms with van der Waals surface area (Å²) in [6, 6.07) is 6.17. The molecule has 26 heavy (non-hydrogen) atoms. The summed E-state index contributed by atoms with van der Waals surface area (Å²) < 4.78 is 24.5. The van der Waals surface area contributed by atoms with Crippen LogP contribution in [0.15, 0.2) is 29.3 Å². The molecule has 1 unspecified atom stereocenters. The zero-order chi connectivity index (χ0) is 19.0. The Bertz CT molecular complexity index is 589. The Balaban J connectivity index is 1.81. The van der Waals surface area contributed by atoms with Gasteiger partial charge in [-0.15, -0.1) is 0 Å². The molecule has 1 fully saturated rings. The van der Waals surface area contributed by atoms with E-state index in [9.17, 15) is 4.39 Å². The predicted octanol–water partition coefficient (Wildman–Crippen LogP) is 1.87. The van der Waals surface area contributed by atoms with Gasteiger partial charge in [-0.25, -0.2) is 4.39 Å². The summed E-state index contributed by atoms with van der Waals surface area (Å²) in [6.45, 7) is 4.86. The normalized spacial score (nSPS) is 18.5. The first kappa shape index (κ1) is 20.5. The molecule has 1 atom stereocenters. The van der Waals surface area contributed by atoms with Gasteiger partial charge in [0.05, 0.1) is 6.54 Å². The van der Waals surface area contributed by atoms with Crippen LogP contribution < -0.4 is 15.4 Å². The fourth-order valence-corrected chi connectivity index (χ4v) is 3.06. The fraction of sp³-hybridized carbons (Fsp3) is 0.632. The zero-order valence-corrected chi connectivity index (χ0v) is 16.2. The number of benzene rings is 1. The SMILES string of the molecule is CN=C(NCC(C)Oc1cccc(F)c1)NCC1(N(C)C)CCOCC1. The maximum atomic E-state index is 13.2. The van der Waals surface area contributed by atoms with E-state index < -0.39 is 0 Å². The van der Waals surface area contributed by atoms with E-state index in [0.29, 0.717) is 12.3 Å².